The van der Waals surface area contributed by atoms with E-state index < -0.39 is 0 Å². The second-order valence-electron chi connectivity index (χ2n) is 4.72. The maximum Gasteiger partial charge on any atom is 0.261 e. The van der Waals surface area contributed by atoms with Gasteiger partial charge in [0, 0.05) is 36.6 Å². The number of hydrogen-bond acceptors (Lipinski definition) is 4. The summed E-state index contributed by atoms with van der Waals surface area (Å²) in [5.74, 6) is -0.0290. The zero-order chi connectivity index (χ0) is 13.8. The molecule has 0 aromatic carbocycles. The fraction of sp³-hybridized carbons (Fsp3) is 0.538. The van der Waals surface area contributed by atoms with Crippen LogP contribution >= 0.6 is 11.3 Å². The van der Waals surface area contributed by atoms with Crippen LogP contribution in [-0.2, 0) is 4.79 Å². The molecule has 0 unspecified atom stereocenters. The van der Waals surface area contributed by atoms with Crippen molar-refractivity contribution in [1.82, 2.24) is 10.2 Å². The van der Waals surface area contributed by atoms with Crippen LogP contribution in [0.5, 0.6) is 0 Å². The Morgan fingerprint density at radius 1 is 1.42 bits per heavy atom. The quantitative estimate of drug-likeness (QED) is 0.875. The maximum absolute atomic E-state index is 11.8. The van der Waals surface area contributed by atoms with Crippen LogP contribution in [0.4, 0.5) is 5.69 Å². The van der Waals surface area contributed by atoms with Gasteiger partial charge >= 0.3 is 0 Å². The van der Waals surface area contributed by atoms with E-state index in [2.05, 4.69) is 5.32 Å². The number of hydrogen-bond donors (Lipinski definition) is 2. The normalized spacial score (nSPS) is 14.7. The Hall–Kier alpha value is -1.56. The van der Waals surface area contributed by atoms with Crippen LogP contribution in [0.2, 0.25) is 0 Å². The molecule has 0 bridgehead atoms. The van der Waals surface area contributed by atoms with E-state index in [-0.39, 0.29) is 11.8 Å². The fourth-order valence-electron chi connectivity index (χ4n) is 2.10. The number of aryl methyl sites for hydroxylation is 1. The summed E-state index contributed by atoms with van der Waals surface area (Å²) in [6.07, 6.45) is 2.54. The van der Waals surface area contributed by atoms with E-state index in [1.165, 1.54) is 11.3 Å². The van der Waals surface area contributed by atoms with Crippen LogP contribution in [0, 0.1) is 6.92 Å². The largest absolute Gasteiger partial charge is 0.398 e. The molecule has 1 aromatic rings. The molecule has 1 aromatic heterocycles. The Morgan fingerprint density at radius 2 is 2.11 bits per heavy atom. The highest BCUT2D eigenvalue weighted by Gasteiger charge is 2.18. The summed E-state index contributed by atoms with van der Waals surface area (Å²) in [5.41, 5.74) is 6.35. The average molecular weight is 281 g/mol. The maximum atomic E-state index is 11.8. The molecule has 5 nitrogen and oxygen atoms in total. The predicted molar refractivity (Wildman–Crippen MR) is 76.2 cm³/mol. The van der Waals surface area contributed by atoms with E-state index in [1.54, 1.807) is 6.07 Å². The Kier molecular flexibility index (Phi) is 4.42. The van der Waals surface area contributed by atoms with Gasteiger partial charge in [0.1, 0.15) is 0 Å². The minimum atomic E-state index is -0.154. The number of anilines is 1. The molecule has 1 saturated heterocycles. The third-order valence-corrected chi connectivity index (χ3v) is 4.33. The molecular formula is C13H19N3O2S. The van der Waals surface area contributed by atoms with Gasteiger partial charge in [-0.25, -0.2) is 0 Å². The average Bonchev–Trinajstić information content (AvgIpc) is 3.00. The van der Waals surface area contributed by atoms with Gasteiger partial charge in [0.25, 0.3) is 5.91 Å². The molecule has 1 aliphatic rings. The number of carbonyl (C=O) groups excluding carboxylic acids is 2. The Morgan fingerprint density at radius 3 is 2.68 bits per heavy atom. The molecule has 19 heavy (non-hydrogen) atoms. The lowest BCUT2D eigenvalue weighted by Crippen LogP contribution is -2.32. The first-order valence-corrected chi connectivity index (χ1v) is 7.31. The minimum Gasteiger partial charge on any atom is -0.398 e. The molecule has 1 fully saturated rings. The van der Waals surface area contributed by atoms with E-state index in [9.17, 15) is 9.59 Å². The number of amides is 2. The zero-order valence-electron chi connectivity index (χ0n) is 11.1. The fourth-order valence-corrected chi connectivity index (χ4v) is 2.96. The van der Waals surface area contributed by atoms with Crippen molar-refractivity contribution in [2.75, 3.05) is 25.4 Å². The Bertz CT molecular complexity index is 459. The lowest BCUT2D eigenvalue weighted by atomic mass is 10.3. The predicted octanol–water partition coefficient (Wildman–Crippen LogP) is 1.38. The summed E-state index contributed by atoms with van der Waals surface area (Å²) in [5, 5.41) is 2.76. The topological polar surface area (TPSA) is 75.4 Å². The van der Waals surface area contributed by atoms with Gasteiger partial charge < -0.3 is 16.0 Å². The standard InChI is InChI=1S/C13H19N3O2S/c1-9-10(14)8-11(19-9)13(18)15-5-4-12(17)16-6-2-3-7-16/h8H,2-7,14H2,1H3,(H,15,18). The van der Waals surface area contributed by atoms with Gasteiger partial charge in [-0.2, -0.15) is 0 Å². The number of nitrogen functional groups attached to an aromatic ring is 1. The molecule has 1 aliphatic heterocycles. The lowest BCUT2D eigenvalue weighted by Gasteiger charge is -2.14. The van der Waals surface area contributed by atoms with Crippen molar-refractivity contribution in [1.29, 1.82) is 0 Å². The number of nitrogens with two attached hydrogens (primary N) is 1. The summed E-state index contributed by atoms with van der Waals surface area (Å²) in [7, 11) is 0. The molecule has 2 heterocycles. The van der Waals surface area contributed by atoms with Crippen LogP contribution in [0.3, 0.4) is 0 Å². The minimum absolute atomic E-state index is 0.125. The van der Waals surface area contributed by atoms with Crippen LogP contribution < -0.4 is 11.1 Å². The second-order valence-corrected chi connectivity index (χ2v) is 5.97. The number of carbonyl (C=O) groups is 2. The van der Waals surface area contributed by atoms with Crippen LogP contribution in [0.25, 0.3) is 0 Å². The van der Waals surface area contributed by atoms with Crippen LogP contribution in [-0.4, -0.2) is 36.3 Å². The first-order valence-electron chi connectivity index (χ1n) is 6.50. The summed E-state index contributed by atoms with van der Waals surface area (Å²) in [4.78, 5) is 27.0. The van der Waals surface area contributed by atoms with Gasteiger partial charge in [-0.1, -0.05) is 0 Å². The summed E-state index contributed by atoms with van der Waals surface area (Å²) in [6, 6.07) is 1.68. The van der Waals surface area contributed by atoms with Gasteiger partial charge in [0.2, 0.25) is 5.91 Å². The number of rotatable bonds is 4. The van der Waals surface area contributed by atoms with E-state index in [0.29, 0.717) is 23.5 Å². The highest BCUT2D eigenvalue weighted by atomic mass is 32.1. The Balaban J connectivity index is 1.76. The molecule has 0 radical (unpaired) electrons. The number of likely N-dealkylation sites (tertiary alicyclic amines) is 1. The van der Waals surface area contributed by atoms with Crippen molar-refractivity contribution in [2.24, 2.45) is 0 Å². The van der Waals surface area contributed by atoms with Gasteiger partial charge in [-0.05, 0) is 25.8 Å². The highest BCUT2D eigenvalue weighted by molar-refractivity contribution is 7.14. The summed E-state index contributed by atoms with van der Waals surface area (Å²) < 4.78 is 0. The van der Waals surface area contributed by atoms with E-state index in [0.717, 1.165) is 30.8 Å². The molecule has 0 atom stereocenters. The van der Waals surface area contributed by atoms with E-state index in [4.69, 9.17) is 5.73 Å². The van der Waals surface area contributed by atoms with Crippen molar-refractivity contribution >= 4 is 28.8 Å². The monoisotopic (exact) mass is 281 g/mol. The van der Waals surface area contributed by atoms with E-state index >= 15 is 0 Å². The van der Waals surface area contributed by atoms with Gasteiger partial charge in [0.15, 0.2) is 0 Å². The molecule has 0 aliphatic carbocycles. The zero-order valence-corrected chi connectivity index (χ0v) is 11.9. The number of nitrogens with one attached hydrogen (secondary N) is 1. The van der Waals surface area contributed by atoms with Crippen molar-refractivity contribution < 1.29 is 9.59 Å². The van der Waals surface area contributed by atoms with E-state index in [1.807, 2.05) is 11.8 Å². The summed E-state index contributed by atoms with van der Waals surface area (Å²) in [6.45, 7) is 3.97. The molecule has 3 N–H and O–H groups in total. The Labute approximate surface area is 116 Å². The third kappa shape index (κ3) is 3.47. The van der Waals surface area contributed by atoms with Crippen molar-refractivity contribution in [3.63, 3.8) is 0 Å². The molecule has 6 heteroatoms. The molecular weight excluding hydrogens is 262 g/mol. The molecule has 2 amide bonds. The molecule has 0 spiro atoms. The molecule has 104 valence electrons. The smallest absolute Gasteiger partial charge is 0.261 e. The first kappa shape index (κ1) is 13.9. The third-order valence-electron chi connectivity index (χ3n) is 3.26. The highest BCUT2D eigenvalue weighted by Crippen LogP contribution is 2.23. The van der Waals surface area contributed by atoms with Crippen molar-refractivity contribution in [3.05, 3.63) is 15.8 Å². The lowest BCUT2D eigenvalue weighted by molar-refractivity contribution is -0.129. The number of thiophene rings is 1. The molecule has 2 rings (SSSR count). The summed E-state index contributed by atoms with van der Waals surface area (Å²) >= 11 is 1.37. The van der Waals surface area contributed by atoms with Gasteiger partial charge in [-0.15, -0.1) is 11.3 Å². The van der Waals surface area contributed by atoms with Crippen molar-refractivity contribution in [2.45, 2.75) is 26.2 Å². The number of nitrogens with zero attached hydrogens (tertiary/aromatic N) is 1. The van der Waals surface area contributed by atoms with Crippen LogP contribution in [0.1, 0.15) is 33.8 Å². The van der Waals surface area contributed by atoms with Gasteiger partial charge in [-0.3, -0.25) is 9.59 Å². The van der Waals surface area contributed by atoms with Gasteiger partial charge in [0.05, 0.1) is 4.88 Å². The van der Waals surface area contributed by atoms with Crippen molar-refractivity contribution in [3.8, 4) is 0 Å². The first-order chi connectivity index (χ1) is 9.08. The second kappa shape index (κ2) is 6.06. The SMILES string of the molecule is Cc1sc(C(=O)NCCC(=O)N2CCCC2)cc1N. The molecule has 0 saturated carbocycles. The van der Waals surface area contributed by atoms with Crippen LogP contribution in [0.15, 0.2) is 6.07 Å².